The Bertz CT molecular complexity index is 454. The fourth-order valence-corrected chi connectivity index (χ4v) is 1.13. The van der Waals surface area contributed by atoms with Crippen LogP contribution in [-0.2, 0) is 11.3 Å². The van der Waals surface area contributed by atoms with Crippen molar-refractivity contribution < 1.29 is 18.0 Å². The van der Waals surface area contributed by atoms with Crippen molar-refractivity contribution in [3.8, 4) is 11.8 Å². The minimum atomic E-state index is -2.55. The Kier molecular flexibility index (Phi) is 2.23. The lowest BCUT2D eigenvalue weighted by molar-refractivity contribution is 0.181. The highest BCUT2D eigenvalue weighted by molar-refractivity contribution is 5.49. The second-order valence-electron chi connectivity index (χ2n) is 2.52. The van der Waals surface area contributed by atoms with Gasteiger partial charge in [0.1, 0.15) is 23.2 Å². The third-order valence-electron chi connectivity index (χ3n) is 1.73. The summed E-state index contributed by atoms with van der Waals surface area (Å²) in [4.78, 5) is 0. The van der Waals surface area contributed by atoms with E-state index in [4.69, 9.17) is 14.1 Å². The summed E-state index contributed by atoms with van der Waals surface area (Å²) in [6, 6.07) is 4.05. The second-order valence-corrected chi connectivity index (χ2v) is 2.52. The molecule has 0 aromatic heterocycles. The Labute approximate surface area is 85.9 Å². The Morgan fingerprint density at radius 1 is 1.64 bits per heavy atom. The molecule has 0 saturated carbocycles. The smallest absolute Gasteiger partial charge is 0.145 e. The molecule has 0 saturated heterocycles. The molecule has 74 valence electrons. The normalized spacial score (nSPS) is 13.6. The van der Waals surface area contributed by atoms with Gasteiger partial charge in [-0.2, -0.15) is 5.26 Å². The van der Waals surface area contributed by atoms with E-state index in [-0.39, 0.29) is 17.9 Å². The van der Waals surface area contributed by atoms with Gasteiger partial charge >= 0.3 is 0 Å². The Morgan fingerprint density at radius 2 is 2.43 bits per heavy atom. The van der Waals surface area contributed by atoms with Crippen LogP contribution in [-0.4, -0.2) is 14.1 Å². The van der Waals surface area contributed by atoms with Gasteiger partial charge in [-0.25, -0.2) is 4.39 Å². The van der Waals surface area contributed by atoms with Crippen LogP contribution in [0.25, 0.3) is 0 Å². The summed E-state index contributed by atoms with van der Waals surface area (Å²) in [6.45, 7) is -0.283. The zero-order valence-electron chi connectivity index (χ0n) is 10.5. The van der Waals surface area contributed by atoms with E-state index in [1.165, 1.54) is 13.2 Å². The second kappa shape index (κ2) is 4.58. The van der Waals surface area contributed by atoms with Crippen LogP contribution in [0.15, 0.2) is 12.1 Å². The molecular weight excluding hydrogens is 185 g/mol. The van der Waals surface area contributed by atoms with E-state index >= 15 is 0 Å². The predicted molar refractivity (Wildman–Crippen MR) is 48.4 cm³/mol. The SMILES string of the molecule is [2H]C([2H])([2H])OCc1ccc(F)c(C#N)c1OC. The molecule has 0 bridgehead atoms. The van der Waals surface area contributed by atoms with Crippen LogP contribution in [0.5, 0.6) is 5.75 Å². The number of halogens is 1. The van der Waals surface area contributed by atoms with Gasteiger partial charge in [0.15, 0.2) is 0 Å². The van der Waals surface area contributed by atoms with E-state index in [1.54, 1.807) is 6.07 Å². The standard InChI is InChI=1S/C10H10FNO2/c1-13-6-7-3-4-9(11)8(5-12)10(7)14-2/h3-4H,6H2,1-2H3/i1D3. The van der Waals surface area contributed by atoms with E-state index in [0.29, 0.717) is 5.56 Å². The molecule has 0 amide bonds. The van der Waals surface area contributed by atoms with Crippen LogP contribution in [0.3, 0.4) is 0 Å². The lowest BCUT2D eigenvalue weighted by atomic mass is 10.1. The van der Waals surface area contributed by atoms with E-state index < -0.39 is 12.9 Å². The summed E-state index contributed by atoms with van der Waals surface area (Å²) >= 11 is 0. The first kappa shape index (κ1) is 6.80. The summed E-state index contributed by atoms with van der Waals surface area (Å²) in [5.74, 6) is -0.723. The Balaban J connectivity index is 3.05. The van der Waals surface area contributed by atoms with Crippen molar-refractivity contribution in [2.75, 3.05) is 14.1 Å². The molecule has 1 aromatic rings. The van der Waals surface area contributed by atoms with E-state index in [9.17, 15) is 4.39 Å². The summed E-state index contributed by atoms with van der Waals surface area (Å²) in [7, 11) is -1.28. The van der Waals surface area contributed by atoms with Gasteiger partial charge in [-0.3, -0.25) is 0 Å². The lowest BCUT2D eigenvalue weighted by Gasteiger charge is -2.09. The molecule has 1 aromatic carbocycles. The third kappa shape index (κ3) is 1.83. The van der Waals surface area contributed by atoms with Crippen molar-refractivity contribution in [1.82, 2.24) is 0 Å². The summed E-state index contributed by atoms with van der Waals surface area (Å²) in [5.41, 5.74) is 0.0423. The number of hydrogen-bond acceptors (Lipinski definition) is 3. The van der Waals surface area contributed by atoms with Gasteiger partial charge < -0.3 is 9.47 Å². The molecule has 4 heteroatoms. The molecule has 0 aliphatic carbocycles. The Morgan fingerprint density at radius 3 is 3.00 bits per heavy atom. The van der Waals surface area contributed by atoms with Gasteiger partial charge in [0.25, 0.3) is 0 Å². The third-order valence-corrected chi connectivity index (χ3v) is 1.73. The number of nitrogens with zero attached hydrogens (tertiary/aromatic N) is 1. The summed E-state index contributed by atoms with van der Waals surface area (Å²) in [5, 5.41) is 8.76. The average molecular weight is 198 g/mol. The predicted octanol–water partition coefficient (Wildman–Crippen LogP) is 1.85. The highest BCUT2D eigenvalue weighted by atomic mass is 19.1. The first-order valence-corrected chi connectivity index (χ1v) is 3.78. The minimum Gasteiger partial charge on any atom is -0.495 e. The number of methoxy groups -OCH3 is 2. The van der Waals surface area contributed by atoms with Crippen molar-refractivity contribution in [2.24, 2.45) is 0 Å². The number of benzene rings is 1. The molecule has 0 unspecified atom stereocenters. The van der Waals surface area contributed by atoms with E-state index in [2.05, 4.69) is 4.74 Å². The zero-order valence-corrected chi connectivity index (χ0v) is 7.50. The fourth-order valence-electron chi connectivity index (χ4n) is 1.13. The number of hydrogen-bond donors (Lipinski definition) is 0. The van der Waals surface area contributed by atoms with Crippen molar-refractivity contribution >= 4 is 0 Å². The first-order chi connectivity index (χ1) is 7.89. The van der Waals surface area contributed by atoms with Gasteiger partial charge in [0.2, 0.25) is 0 Å². The molecule has 1 rings (SSSR count). The summed E-state index contributed by atoms with van der Waals surface area (Å²) < 4.78 is 43.4. The van der Waals surface area contributed by atoms with Gasteiger partial charge in [-0.1, -0.05) is 0 Å². The zero-order chi connectivity index (χ0) is 13.1. The number of ether oxygens (including phenoxy) is 2. The molecule has 0 atom stereocenters. The van der Waals surface area contributed by atoms with Crippen LogP contribution in [0.1, 0.15) is 15.2 Å². The van der Waals surface area contributed by atoms with Crippen molar-refractivity contribution in [3.05, 3.63) is 29.1 Å². The number of rotatable bonds is 3. The molecule has 0 radical (unpaired) electrons. The molecule has 14 heavy (non-hydrogen) atoms. The van der Waals surface area contributed by atoms with Crippen LogP contribution >= 0.6 is 0 Å². The van der Waals surface area contributed by atoms with Gasteiger partial charge in [-0.05, 0) is 12.1 Å². The molecule has 0 fully saturated rings. The molecule has 0 aliphatic rings. The summed E-state index contributed by atoms with van der Waals surface area (Å²) in [6.07, 6.45) is 0. The van der Waals surface area contributed by atoms with Crippen molar-refractivity contribution in [1.29, 1.82) is 5.26 Å². The monoisotopic (exact) mass is 198 g/mol. The van der Waals surface area contributed by atoms with Crippen LogP contribution in [0.2, 0.25) is 0 Å². The van der Waals surface area contributed by atoms with Crippen LogP contribution in [0, 0.1) is 17.1 Å². The van der Waals surface area contributed by atoms with Gasteiger partial charge in [0.05, 0.1) is 17.8 Å². The first-order valence-electron chi connectivity index (χ1n) is 5.28. The Hall–Kier alpha value is -1.60. The topological polar surface area (TPSA) is 42.2 Å². The largest absolute Gasteiger partial charge is 0.495 e. The van der Waals surface area contributed by atoms with Gasteiger partial charge in [0, 0.05) is 12.6 Å². The van der Waals surface area contributed by atoms with Gasteiger partial charge in [-0.15, -0.1) is 0 Å². The van der Waals surface area contributed by atoms with E-state index in [0.717, 1.165) is 6.07 Å². The van der Waals surface area contributed by atoms with Crippen LogP contribution < -0.4 is 4.74 Å². The molecular formula is C10H10FNO2. The maximum absolute atomic E-state index is 13.2. The molecule has 3 nitrogen and oxygen atoms in total. The molecule has 0 spiro atoms. The van der Waals surface area contributed by atoms with E-state index in [1.807, 2.05) is 0 Å². The maximum Gasteiger partial charge on any atom is 0.145 e. The molecule has 0 heterocycles. The quantitative estimate of drug-likeness (QED) is 0.744. The van der Waals surface area contributed by atoms with Crippen molar-refractivity contribution in [2.45, 2.75) is 6.61 Å². The highest BCUT2D eigenvalue weighted by Crippen LogP contribution is 2.26. The highest BCUT2D eigenvalue weighted by Gasteiger charge is 2.13. The molecule has 0 N–H and O–H groups in total. The lowest BCUT2D eigenvalue weighted by Crippen LogP contribution is -1.99. The van der Waals surface area contributed by atoms with Crippen molar-refractivity contribution in [3.63, 3.8) is 0 Å². The number of nitriles is 1. The fraction of sp³-hybridized carbons (Fsp3) is 0.300. The average Bonchev–Trinajstić information content (AvgIpc) is 2.25. The maximum atomic E-state index is 13.2. The van der Waals surface area contributed by atoms with Crippen LogP contribution in [0.4, 0.5) is 4.39 Å². The minimum absolute atomic E-state index is 0.00301. The molecule has 0 aliphatic heterocycles.